The van der Waals surface area contributed by atoms with Gasteiger partial charge in [-0.3, -0.25) is 4.79 Å². The van der Waals surface area contributed by atoms with Crippen LogP contribution in [0.3, 0.4) is 0 Å². The predicted molar refractivity (Wildman–Crippen MR) is 74.7 cm³/mol. The van der Waals surface area contributed by atoms with E-state index in [2.05, 4.69) is 5.10 Å². The molecule has 2 heterocycles. The number of carbonyl (C=O) groups excluding carboxylic acids is 1. The number of hydrogen-bond acceptors (Lipinski definition) is 3. The molecule has 1 aromatic carbocycles. The quantitative estimate of drug-likeness (QED) is 0.919. The summed E-state index contributed by atoms with van der Waals surface area (Å²) in [5, 5.41) is 13.4. The summed E-state index contributed by atoms with van der Waals surface area (Å²) >= 11 is 0. The molecule has 0 spiro atoms. The summed E-state index contributed by atoms with van der Waals surface area (Å²) in [6.45, 7) is 0.766. The van der Waals surface area contributed by atoms with Crippen molar-refractivity contribution in [2.24, 2.45) is 0 Å². The third kappa shape index (κ3) is 2.32. The molecular formula is C15H17N3O2. The molecule has 2 aromatic rings. The summed E-state index contributed by atoms with van der Waals surface area (Å²) in [5.41, 5.74) is 1.58. The van der Waals surface area contributed by atoms with Gasteiger partial charge in [-0.15, -0.1) is 0 Å². The van der Waals surface area contributed by atoms with E-state index >= 15 is 0 Å². The van der Waals surface area contributed by atoms with Gasteiger partial charge in [-0.25, -0.2) is 4.68 Å². The Morgan fingerprint density at radius 1 is 1.35 bits per heavy atom. The third-order valence-corrected chi connectivity index (χ3v) is 3.73. The Kier molecular flexibility index (Phi) is 3.52. The summed E-state index contributed by atoms with van der Waals surface area (Å²) in [6, 6.07) is 9.20. The van der Waals surface area contributed by atoms with Gasteiger partial charge in [0.15, 0.2) is 0 Å². The summed E-state index contributed by atoms with van der Waals surface area (Å²) in [7, 11) is 0. The van der Waals surface area contributed by atoms with Crippen molar-refractivity contribution in [3.8, 4) is 5.69 Å². The van der Waals surface area contributed by atoms with E-state index in [4.69, 9.17) is 0 Å². The van der Waals surface area contributed by atoms with E-state index in [-0.39, 0.29) is 18.6 Å². The van der Waals surface area contributed by atoms with Gasteiger partial charge in [0.05, 0.1) is 18.3 Å². The van der Waals surface area contributed by atoms with E-state index in [0.29, 0.717) is 5.56 Å². The monoisotopic (exact) mass is 271 g/mol. The zero-order chi connectivity index (χ0) is 13.9. The molecule has 5 heteroatoms. The molecule has 1 aliphatic rings. The van der Waals surface area contributed by atoms with Crippen molar-refractivity contribution in [3.05, 3.63) is 48.3 Å². The number of likely N-dealkylation sites (tertiary alicyclic amines) is 1. The molecule has 1 amide bonds. The molecule has 0 radical (unpaired) electrons. The standard InChI is InChI=1S/C15H17N3O2/c19-11-14-3-1-9-17(14)15(20)12-4-6-13(7-5-12)18-10-2-8-16-18/h2,4-8,10,14,19H,1,3,9,11H2/t14-/m0/s1. The Balaban J connectivity index is 1.79. The van der Waals surface area contributed by atoms with Crippen LogP contribution in [0.2, 0.25) is 0 Å². The number of rotatable bonds is 3. The highest BCUT2D eigenvalue weighted by molar-refractivity contribution is 5.94. The lowest BCUT2D eigenvalue weighted by atomic mass is 10.1. The van der Waals surface area contributed by atoms with Crippen LogP contribution >= 0.6 is 0 Å². The minimum absolute atomic E-state index is 0.00596. The highest BCUT2D eigenvalue weighted by atomic mass is 16.3. The third-order valence-electron chi connectivity index (χ3n) is 3.73. The van der Waals surface area contributed by atoms with E-state index in [1.807, 2.05) is 36.5 Å². The van der Waals surface area contributed by atoms with Crippen LogP contribution < -0.4 is 0 Å². The van der Waals surface area contributed by atoms with Crippen LogP contribution in [-0.4, -0.2) is 44.9 Å². The topological polar surface area (TPSA) is 58.4 Å². The second-order valence-corrected chi connectivity index (χ2v) is 4.97. The van der Waals surface area contributed by atoms with Crippen LogP contribution in [0.5, 0.6) is 0 Å². The van der Waals surface area contributed by atoms with Crippen LogP contribution in [0.1, 0.15) is 23.2 Å². The Morgan fingerprint density at radius 3 is 2.80 bits per heavy atom. The molecule has 104 valence electrons. The number of benzene rings is 1. The molecule has 0 saturated carbocycles. The van der Waals surface area contributed by atoms with Gasteiger partial charge in [0.2, 0.25) is 0 Å². The zero-order valence-corrected chi connectivity index (χ0v) is 11.1. The van der Waals surface area contributed by atoms with E-state index in [1.54, 1.807) is 15.8 Å². The molecule has 20 heavy (non-hydrogen) atoms. The Hall–Kier alpha value is -2.14. The molecule has 1 atom stereocenters. The Bertz CT molecular complexity index is 578. The normalized spacial score (nSPS) is 18.4. The minimum Gasteiger partial charge on any atom is -0.394 e. The number of carbonyl (C=O) groups is 1. The summed E-state index contributed by atoms with van der Waals surface area (Å²) in [5.74, 6) is -0.00596. The lowest BCUT2D eigenvalue weighted by molar-refractivity contribution is 0.0677. The van der Waals surface area contributed by atoms with Crippen molar-refractivity contribution in [1.82, 2.24) is 14.7 Å². The average Bonchev–Trinajstić information content (AvgIpc) is 3.17. The number of aliphatic hydroxyl groups excluding tert-OH is 1. The van der Waals surface area contributed by atoms with Crippen molar-refractivity contribution in [3.63, 3.8) is 0 Å². The van der Waals surface area contributed by atoms with Crippen LogP contribution in [0.15, 0.2) is 42.7 Å². The lowest BCUT2D eigenvalue weighted by Crippen LogP contribution is -2.37. The predicted octanol–water partition coefficient (Wildman–Crippen LogP) is 1.47. The number of aliphatic hydroxyl groups is 1. The molecule has 1 aromatic heterocycles. The summed E-state index contributed by atoms with van der Waals surface area (Å²) in [4.78, 5) is 14.2. The van der Waals surface area contributed by atoms with E-state index in [0.717, 1.165) is 25.1 Å². The first-order valence-corrected chi connectivity index (χ1v) is 6.81. The van der Waals surface area contributed by atoms with Gasteiger partial charge in [0, 0.05) is 24.5 Å². The fraction of sp³-hybridized carbons (Fsp3) is 0.333. The van der Waals surface area contributed by atoms with E-state index in [9.17, 15) is 9.90 Å². The Labute approximate surface area is 117 Å². The molecular weight excluding hydrogens is 254 g/mol. The molecule has 1 fully saturated rings. The van der Waals surface area contributed by atoms with Crippen molar-refractivity contribution in [1.29, 1.82) is 0 Å². The number of amides is 1. The number of hydrogen-bond donors (Lipinski definition) is 1. The summed E-state index contributed by atoms with van der Waals surface area (Å²) in [6.07, 6.45) is 5.42. The largest absolute Gasteiger partial charge is 0.394 e. The smallest absolute Gasteiger partial charge is 0.254 e. The molecule has 5 nitrogen and oxygen atoms in total. The van der Waals surface area contributed by atoms with Gasteiger partial charge in [-0.1, -0.05) is 0 Å². The van der Waals surface area contributed by atoms with Crippen molar-refractivity contribution < 1.29 is 9.90 Å². The van der Waals surface area contributed by atoms with Gasteiger partial charge in [0.25, 0.3) is 5.91 Å². The van der Waals surface area contributed by atoms with Crippen molar-refractivity contribution >= 4 is 5.91 Å². The molecule has 1 aliphatic heterocycles. The first-order chi connectivity index (χ1) is 9.79. The van der Waals surface area contributed by atoms with Gasteiger partial charge in [-0.2, -0.15) is 5.10 Å². The molecule has 1 saturated heterocycles. The SMILES string of the molecule is O=C(c1ccc(-n2cccn2)cc1)N1CCC[C@H]1CO. The van der Waals surface area contributed by atoms with Gasteiger partial charge < -0.3 is 10.0 Å². The fourth-order valence-electron chi connectivity index (χ4n) is 2.64. The fourth-order valence-corrected chi connectivity index (χ4v) is 2.64. The first kappa shape index (κ1) is 12.9. The van der Waals surface area contributed by atoms with Gasteiger partial charge in [-0.05, 0) is 43.2 Å². The van der Waals surface area contributed by atoms with Gasteiger partial charge >= 0.3 is 0 Å². The summed E-state index contributed by atoms with van der Waals surface area (Å²) < 4.78 is 1.75. The van der Waals surface area contributed by atoms with Crippen LogP contribution in [0.4, 0.5) is 0 Å². The molecule has 0 aliphatic carbocycles. The van der Waals surface area contributed by atoms with Crippen LogP contribution in [-0.2, 0) is 0 Å². The van der Waals surface area contributed by atoms with Crippen LogP contribution in [0.25, 0.3) is 5.69 Å². The minimum atomic E-state index is -0.0340. The van der Waals surface area contributed by atoms with Crippen molar-refractivity contribution in [2.45, 2.75) is 18.9 Å². The highest BCUT2D eigenvalue weighted by Crippen LogP contribution is 2.20. The maximum absolute atomic E-state index is 12.4. The Morgan fingerprint density at radius 2 is 2.15 bits per heavy atom. The van der Waals surface area contributed by atoms with E-state index < -0.39 is 0 Å². The highest BCUT2D eigenvalue weighted by Gasteiger charge is 2.28. The molecule has 1 N–H and O–H groups in total. The first-order valence-electron chi connectivity index (χ1n) is 6.81. The van der Waals surface area contributed by atoms with Gasteiger partial charge in [0.1, 0.15) is 0 Å². The maximum Gasteiger partial charge on any atom is 0.254 e. The second kappa shape index (κ2) is 5.46. The molecule has 0 bridgehead atoms. The van der Waals surface area contributed by atoms with E-state index in [1.165, 1.54) is 0 Å². The molecule has 3 rings (SSSR count). The maximum atomic E-state index is 12.4. The number of aromatic nitrogens is 2. The lowest BCUT2D eigenvalue weighted by Gasteiger charge is -2.23. The average molecular weight is 271 g/mol. The molecule has 0 unspecified atom stereocenters. The zero-order valence-electron chi connectivity index (χ0n) is 11.1. The second-order valence-electron chi connectivity index (χ2n) is 4.97. The van der Waals surface area contributed by atoms with Crippen LogP contribution in [0, 0.1) is 0 Å². The number of nitrogens with zero attached hydrogens (tertiary/aromatic N) is 3. The van der Waals surface area contributed by atoms with Crippen molar-refractivity contribution in [2.75, 3.05) is 13.2 Å².